The number of hydrogen-bond donors (Lipinski definition) is 1. The molecule has 1 N–H and O–H groups in total. The molecule has 0 saturated carbocycles. The summed E-state index contributed by atoms with van der Waals surface area (Å²) in [7, 11) is 1.79. The number of carbonyl (C=O) groups is 1. The topological polar surface area (TPSA) is 98.7 Å². The Morgan fingerprint density at radius 2 is 2.04 bits per heavy atom. The molecule has 1 amide bonds. The van der Waals surface area contributed by atoms with Crippen molar-refractivity contribution in [3.8, 4) is 22.8 Å². The van der Waals surface area contributed by atoms with Crippen LogP contribution in [0.4, 0.5) is 10.2 Å². The summed E-state index contributed by atoms with van der Waals surface area (Å²) in [6.07, 6.45) is 1.60. The van der Waals surface area contributed by atoms with E-state index in [9.17, 15) is 9.18 Å². The zero-order valence-corrected chi connectivity index (χ0v) is 15.0. The van der Waals surface area contributed by atoms with Gasteiger partial charge in [0.1, 0.15) is 17.3 Å². The molecule has 0 aliphatic heterocycles. The van der Waals surface area contributed by atoms with Crippen molar-refractivity contribution >= 4 is 11.7 Å². The molecule has 0 saturated heterocycles. The number of anilines is 1. The first-order chi connectivity index (χ1) is 13.5. The van der Waals surface area contributed by atoms with E-state index in [1.165, 1.54) is 18.2 Å². The standard InChI is InChI=1S/C19H15FN6O2/c1-11-22-18(25-28-11)15-9-16(26(2)24-15)12-7-8-17(21-10-12)23-19(27)13-5-3-4-6-14(13)20/h3-10H,1-2H3,(H,21,23,27). The van der Waals surface area contributed by atoms with E-state index in [4.69, 9.17) is 4.52 Å². The molecule has 0 spiro atoms. The van der Waals surface area contributed by atoms with Crippen LogP contribution in [0.2, 0.25) is 0 Å². The Hall–Kier alpha value is -3.88. The third-order valence-corrected chi connectivity index (χ3v) is 4.06. The number of rotatable bonds is 4. The second-order valence-corrected chi connectivity index (χ2v) is 6.04. The van der Waals surface area contributed by atoms with Gasteiger partial charge >= 0.3 is 0 Å². The van der Waals surface area contributed by atoms with Crippen molar-refractivity contribution < 1.29 is 13.7 Å². The summed E-state index contributed by atoms with van der Waals surface area (Å²) < 4.78 is 20.4. The minimum absolute atomic E-state index is 0.0416. The smallest absolute Gasteiger partial charge is 0.259 e. The van der Waals surface area contributed by atoms with Gasteiger partial charge in [0.15, 0.2) is 0 Å². The van der Waals surface area contributed by atoms with Gasteiger partial charge in [-0.25, -0.2) is 9.37 Å². The van der Waals surface area contributed by atoms with Gasteiger partial charge in [-0.2, -0.15) is 10.1 Å². The van der Waals surface area contributed by atoms with Crippen molar-refractivity contribution in [1.82, 2.24) is 24.9 Å². The summed E-state index contributed by atoms with van der Waals surface area (Å²) in [5.41, 5.74) is 2.11. The molecule has 0 bridgehead atoms. The molecule has 4 rings (SSSR count). The van der Waals surface area contributed by atoms with E-state index in [0.717, 1.165) is 11.3 Å². The van der Waals surface area contributed by atoms with E-state index in [-0.39, 0.29) is 5.56 Å². The molecular weight excluding hydrogens is 363 g/mol. The maximum absolute atomic E-state index is 13.7. The molecule has 0 atom stereocenters. The fourth-order valence-electron chi connectivity index (χ4n) is 2.70. The Morgan fingerprint density at radius 3 is 2.71 bits per heavy atom. The summed E-state index contributed by atoms with van der Waals surface area (Å²) in [6.45, 7) is 1.71. The summed E-state index contributed by atoms with van der Waals surface area (Å²) in [5, 5.41) is 10.8. The van der Waals surface area contributed by atoms with Crippen LogP contribution >= 0.6 is 0 Å². The lowest BCUT2D eigenvalue weighted by molar-refractivity contribution is 0.102. The van der Waals surface area contributed by atoms with Gasteiger partial charge in [-0.3, -0.25) is 9.48 Å². The fraction of sp³-hybridized carbons (Fsp3) is 0.105. The Morgan fingerprint density at radius 1 is 1.21 bits per heavy atom. The largest absolute Gasteiger partial charge is 0.339 e. The molecule has 8 nitrogen and oxygen atoms in total. The Balaban J connectivity index is 1.55. The van der Waals surface area contributed by atoms with Crippen LogP contribution in [-0.2, 0) is 7.05 Å². The maximum atomic E-state index is 13.7. The first-order valence-electron chi connectivity index (χ1n) is 8.38. The van der Waals surface area contributed by atoms with Crippen molar-refractivity contribution in [2.45, 2.75) is 6.92 Å². The van der Waals surface area contributed by atoms with E-state index in [1.54, 1.807) is 43.0 Å². The second-order valence-electron chi connectivity index (χ2n) is 6.04. The number of carbonyl (C=O) groups excluding carboxylic acids is 1. The lowest BCUT2D eigenvalue weighted by Gasteiger charge is -2.06. The summed E-state index contributed by atoms with van der Waals surface area (Å²) in [4.78, 5) is 20.6. The SMILES string of the molecule is Cc1nc(-c2cc(-c3ccc(NC(=O)c4ccccc4F)nc3)n(C)n2)no1. The first kappa shape index (κ1) is 17.5. The lowest BCUT2D eigenvalue weighted by atomic mass is 10.2. The normalized spacial score (nSPS) is 10.8. The number of benzene rings is 1. The summed E-state index contributed by atoms with van der Waals surface area (Å²) in [6, 6.07) is 11.0. The van der Waals surface area contributed by atoms with Crippen LogP contribution in [0, 0.1) is 12.7 Å². The van der Waals surface area contributed by atoms with Gasteiger partial charge in [0.25, 0.3) is 5.91 Å². The number of nitrogens with zero attached hydrogens (tertiary/aromatic N) is 5. The molecule has 3 aromatic heterocycles. The minimum Gasteiger partial charge on any atom is -0.339 e. The van der Waals surface area contributed by atoms with Crippen molar-refractivity contribution in [3.05, 3.63) is 65.9 Å². The molecular formula is C19H15FN6O2. The van der Waals surface area contributed by atoms with E-state index >= 15 is 0 Å². The molecule has 1 aromatic carbocycles. The highest BCUT2D eigenvalue weighted by molar-refractivity contribution is 6.03. The average molecular weight is 378 g/mol. The maximum Gasteiger partial charge on any atom is 0.259 e. The number of hydrogen-bond acceptors (Lipinski definition) is 6. The monoisotopic (exact) mass is 378 g/mol. The molecule has 0 unspecified atom stereocenters. The van der Waals surface area contributed by atoms with Crippen LogP contribution in [-0.4, -0.2) is 30.8 Å². The van der Waals surface area contributed by atoms with Crippen LogP contribution in [0.25, 0.3) is 22.8 Å². The summed E-state index contributed by atoms with van der Waals surface area (Å²) in [5.74, 6) is 0.0254. The zero-order valence-electron chi connectivity index (χ0n) is 15.0. The highest BCUT2D eigenvalue weighted by Crippen LogP contribution is 2.24. The van der Waals surface area contributed by atoms with E-state index in [2.05, 4.69) is 25.5 Å². The Kier molecular flexibility index (Phi) is 4.40. The third kappa shape index (κ3) is 3.37. The van der Waals surface area contributed by atoms with Gasteiger partial charge in [0.05, 0.1) is 11.3 Å². The molecule has 0 aliphatic carbocycles. The number of pyridine rings is 1. The molecule has 0 radical (unpaired) electrons. The number of nitrogens with one attached hydrogen (secondary N) is 1. The average Bonchev–Trinajstić information content (AvgIpc) is 3.28. The number of halogens is 1. The zero-order chi connectivity index (χ0) is 19.7. The third-order valence-electron chi connectivity index (χ3n) is 4.06. The van der Waals surface area contributed by atoms with Crippen molar-refractivity contribution in [1.29, 1.82) is 0 Å². The lowest BCUT2D eigenvalue weighted by Crippen LogP contribution is -2.14. The van der Waals surface area contributed by atoms with Crippen molar-refractivity contribution in [2.75, 3.05) is 5.32 Å². The van der Waals surface area contributed by atoms with Crippen molar-refractivity contribution in [2.24, 2.45) is 7.05 Å². The molecule has 9 heteroatoms. The van der Waals surface area contributed by atoms with Gasteiger partial charge in [0.2, 0.25) is 11.7 Å². The molecule has 3 heterocycles. The number of aromatic nitrogens is 5. The van der Waals surface area contributed by atoms with Crippen molar-refractivity contribution in [3.63, 3.8) is 0 Å². The van der Waals surface area contributed by atoms with Gasteiger partial charge in [0, 0.05) is 25.7 Å². The predicted octanol–water partition coefficient (Wildman–Crippen LogP) is 3.23. The van der Waals surface area contributed by atoms with E-state index in [1.807, 2.05) is 6.07 Å². The highest BCUT2D eigenvalue weighted by atomic mass is 19.1. The Labute approximate surface area is 159 Å². The van der Waals surface area contributed by atoms with Crippen LogP contribution in [0.3, 0.4) is 0 Å². The molecule has 0 aliphatic rings. The van der Waals surface area contributed by atoms with Gasteiger partial charge < -0.3 is 9.84 Å². The quantitative estimate of drug-likeness (QED) is 0.585. The second kappa shape index (κ2) is 7.03. The first-order valence-corrected chi connectivity index (χ1v) is 8.38. The van der Waals surface area contributed by atoms with E-state index in [0.29, 0.717) is 23.2 Å². The molecule has 28 heavy (non-hydrogen) atoms. The number of aryl methyl sites for hydroxylation is 2. The van der Waals surface area contributed by atoms with E-state index < -0.39 is 11.7 Å². The highest BCUT2D eigenvalue weighted by Gasteiger charge is 2.15. The number of amides is 1. The fourth-order valence-corrected chi connectivity index (χ4v) is 2.70. The van der Waals surface area contributed by atoms with Crippen LogP contribution in [0.1, 0.15) is 16.2 Å². The molecule has 140 valence electrons. The van der Waals surface area contributed by atoms with Crippen LogP contribution in [0.5, 0.6) is 0 Å². The Bertz CT molecular complexity index is 1150. The summed E-state index contributed by atoms with van der Waals surface area (Å²) >= 11 is 0. The van der Waals surface area contributed by atoms with Crippen LogP contribution in [0.15, 0.2) is 53.2 Å². The molecule has 4 aromatic rings. The van der Waals surface area contributed by atoms with Gasteiger partial charge in [-0.1, -0.05) is 17.3 Å². The minimum atomic E-state index is -0.587. The van der Waals surface area contributed by atoms with Crippen LogP contribution < -0.4 is 5.32 Å². The predicted molar refractivity (Wildman–Crippen MR) is 98.8 cm³/mol. The van der Waals surface area contributed by atoms with Gasteiger partial charge in [-0.15, -0.1) is 0 Å². The molecule has 0 fully saturated rings. The van der Waals surface area contributed by atoms with Gasteiger partial charge in [-0.05, 0) is 30.3 Å².